The number of ether oxygens (including phenoxy) is 1. The van der Waals surface area contributed by atoms with Crippen molar-refractivity contribution in [1.82, 2.24) is 10.2 Å². The standard InChI is InChI=1S/C21H17N5O7S2/c1-3-19-24-25-21(34-19)23-20(27)14(12-22)10-13-8-9-16(17(11-13)32-2)33-35(30,31)18-7-5-4-6-15(18)26(28)29/h4-11H,3H2,1-2H3,(H,23,25,27)/b14-10-. The summed E-state index contributed by atoms with van der Waals surface area (Å²) in [5.74, 6) is -0.994. The fourth-order valence-corrected chi connectivity index (χ4v) is 4.53. The lowest BCUT2D eigenvalue weighted by atomic mass is 10.1. The molecule has 3 rings (SSSR count). The number of amides is 1. The zero-order chi connectivity index (χ0) is 25.6. The molecular weight excluding hydrogens is 498 g/mol. The van der Waals surface area contributed by atoms with E-state index in [1.165, 1.54) is 54.9 Å². The SMILES string of the molecule is CCc1nnc(NC(=O)/C(C#N)=C\c2ccc(OS(=O)(=O)c3ccccc3[N+](=O)[O-])c(OC)c2)s1. The molecule has 180 valence electrons. The van der Waals surface area contributed by atoms with E-state index in [2.05, 4.69) is 15.5 Å². The first-order valence-corrected chi connectivity index (χ1v) is 12.0. The zero-order valence-corrected chi connectivity index (χ0v) is 19.9. The molecule has 1 amide bonds. The van der Waals surface area contributed by atoms with Crippen LogP contribution in [0.4, 0.5) is 10.8 Å². The van der Waals surface area contributed by atoms with Gasteiger partial charge in [0.25, 0.3) is 11.6 Å². The Morgan fingerprint density at radius 3 is 2.63 bits per heavy atom. The number of para-hydroxylation sites is 1. The van der Waals surface area contributed by atoms with Crippen molar-refractivity contribution in [1.29, 1.82) is 5.26 Å². The Balaban J connectivity index is 1.87. The van der Waals surface area contributed by atoms with Crippen LogP contribution in [0.2, 0.25) is 0 Å². The van der Waals surface area contributed by atoms with Crippen LogP contribution in [-0.2, 0) is 21.3 Å². The molecule has 1 N–H and O–H groups in total. The maximum absolute atomic E-state index is 12.7. The highest BCUT2D eigenvalue weighted by atomic mass is 32.2. The predicted molar refractivity (Wildman–Crippen MR) is 125 cm³/mol. The lowest BCUT2D eigenvalue weighted by Gasteiger charge is -2.11. The first-order chi connectivity index (χ1) is 16.7. The van der Waals surface area contributed by atoms with Crippen molar-refractivity contribution < 1.29 is 27.1 Å². The molecule has 0 radical (unpaired) electrons. The number of carbonyl (C=O) groups is 1. The first kappa shape index (κ1) is 25.3. The van der Waals surface area contributed by atoms with Crippen molar-refractivity contribution in [3.05, 3.63) is 68.7 Å². The number of methoxy groups -OCH3 is 1. The minimum Gasteiger partial charge on any atom is -0.493 e. The van der Waals surface area contributed by atoms with Gasteiger partial charge >= 0.3 is 10.1 Å². The Bertz CT molecular complexity index is 1460. The second kappa shape index (κ2) is 10.7. The summed E-state index contributed by atoms with van der Waals surface area (Å²) in [6, 6.07) is 10.5. The number of nitrogens with zero attached hydrogens (tertiary/aromatic N) is 4. The van der Waals surface area contributed by atoms with E-state index in [1.54, 1.807) is 6.07 Å². The lowest BCUT2D eigenvalue weighted by Crippen LogP contribution is -2.13. The Morgan fingerprint density at radius 1 is 1.26 bits per heavy atom. The molecule has 1 aromatic heterocycles. The van der Waals surface area contributed by atoms with Gasteiger partial charge in [-0.3, -0.25) is 20.2 Å². The Labute approximate surface area is 203 Å². The van der Waals surface area contributed by atoms with Crippen LogP contribution in [0.3, 0.4) is 0 Å². The van der Waals surface area contributed by atoms with Crippen molar-refractivity contribution in [2.75, 3.05) is 12.4 Å². The molecule has 0 saturated carbocycles. The highest BCUT2D eigenvalue weighted by molar-refractivity contribution is 7.87. The topological polar surface area (TPSA) is 174 Å². The van der Waals surface area contributed by atoms with Gasteiger partial charge in [-0.2, -0.15) is 13.7 Å². The summed E-state index contributed by atoms with van der Waals surface area (Å²) in [7, 11) is -3.32. The molecule has 0 spiro atoms. The number of hydrogen-bond donors (Lipinski definition) is 1. The summed E-state index contributed by atoms with van der Waals surface area (Å²) in [6.45, 7) is 1.89. The summed E-state index contributed by atoms with van der Waals surface area (Å²) in [5, 5.41) is 31.8. The Hall–Kier alpha value is -4.35. The molecule has 12 nitrogen and oxygen atoms in total. The average Bonchev–Trinajstić information content (AvgIpc) is 3.30. The van der Waals surface area contributed by atoms with E-state index in [-0.39, 0.29) is 22.2 Å². The number of carbonyl (C=O) groups excluding carboxylic acids is 1. The highest BCUT2D eigenvalue weighted by Gasteiger charge is 2.28. The molecule has 1 heterocycles. The number of nitrogens with one attached hydrogen (secondary N) is 1. The van der Waals surface area contributed by atoms with Crippen LogP contribution in [0.15, 0.2) is 52.9 Å². The van der Waals surface area contributed by atoms with E-state index in [9.17, 15) is 28.6 Å². The molecule has 35 heavy (non-hydrogen) atoms. The number of hydrogen-bond acceptors (Lipinski definition) is 11. The van der Waals surface area contributed by atoms with Crippen molar-refractivity contribution >= 4 is 44.3 Å². The summed E-state index contributed by atoms with van der Waals surface area (Å²) in [4.78, 5) is 22.2. The third-order valence-corrected chi connectivity index (χ3v) is 6.65. The molecule has 0 bridgehead atoms. The summed E-state index contributed by atoms with van der Waals surface area (Å²) in [6.07, 6.45) is 1.91. The minimum absolute atomic E-state index is 0.0460. The van der Waals surface area contributed by atoms with Gasteiger partial charge in [0.1, 0.15) is 16.6 Å². The minimum atomic E-state index is -4.58. The van der Waals surface area contributed by atoms with E-state index in [4.69, 9.17) is 8.92 Å². The van der Waals surface area contributed by atoms with Crippen LogP contribution >= 0.6 is 11.3 Å². The number of anilines is 1. The Morgan fingerprint density at radius 2 is 2.00 bits per heavy atom. The third kappa shape index (κ3) is 5.96. The molecule has 3 aromatic rings. The first-order valence-electron chi connectivity index (χ1n) is 9.80. The summed E-state index contributed by atoms with van der Waals surface area (Å²) in [5.41, 5.74) is -0.561. The van der Waals surface area contributed by atoms with E-state index in [0.717, 1.165) is 17.1 Å². The van der Waals surface area contributed by atoms with Crippen molar-refractivity contribution in [3.63, 3.8) is 0 Å². The van der Waals surface area contributed by atoms with Crippen LogP contribution in [0.1, 0.15) is 17.5 Å². The summed E-state index contributed by atoms with van der Waals surface area (Å²) < 4.78 is 35.7. The van der Waals surface area contributed by atoms with Crippen LogP contribution in [0.25, 0.3) is 6.08 Å². The monoisotopic (exact) mass is 515 g/mol. The molecule has 0 unspecified atom stereocenters. The zero-order valence-electron chi connectivity index (χ0n) is 18.3. The van der Waals surface area contributed by atoms with Crippen LogP contribution < -0.4 is 14.2 Å². The van der Waals surface area contributed by atoms with Gasteiger partial charge in [0.15, 0.2) is 16.4 Å². The van der Waals surface area contributed by atoms with Gasteiger partial charge in [-0.15, -0.1) is 10.2 Å². The number of nitro benzene ring substituents is 1. The second-order valence-corrected chi connectivity index (χ2v) is 9.23. The van der Waals surface area contributed by atoms with Gasteiger partial charge in [-0.1, -0.05) is 36.5 Å². The van der Waals surface area contributed by atoms with Gasteiger partial charge in [-0.05, 0) is 36.3 Å². The number of rotatable bonds is 9. The number of nitriles is 1. The normalized spacial score (nSPS) is 11.4. The molecule has 14 heteroatoms. The van der Waals surface area contributed by atoms with Gasteiger partial charge in [0.05, 0.1) is 12.0 Å². The van der Waals surface area contributed by atoms with Gasteiger partial charge in [0, 0.05) is 6.07 Å². The van der Waals surface area contributed by atoms with E-state index in [1.807, 2.05) is 6.92 Å². The molecule has 0 aliphatic carbocycles. The number of nitro groups is 1. The smallest absolute Gasteiger partial charge is 0.346 e. The fourth-order valence-electron chi connectivity index (χ4n) is 2.75. The molecule has 0 fully saturated rings. The molecule has 0 atom stereocenters. The highest BCUT2D eigenvalue weighted by Crippen LogP contribution is 2.33. The van der Waals surface area contributed by atoms with Gasteiger partial charge in [0.2, 0.25) is 5.13 Å². The average molecular weight is 516 g/mol. The molecule has 2 aromatic carbocycles. The van der Waals surface area contributed by atoms with Gasteiger partial charge < -0.3 is 8.92 Å². The molecule has 0 aliphatic rings. The van der Waals surface area contributed by atoms with E-state index in [0.29, 0.717) is 12.0 Å². The largest absolute Gasteiger partial charge is 0.493 e. The van der Waals surface area contributed by atoms with Crippen LogP contribution in [0, 0.1) is 21.4 Å². The van der Waals surface area contributed by atoms with E-state index >= 15 is 0 Å². The molecular formula is C21H17N5O7S2. The van der Waals surface area contributed by atoms with Crippen molar-refractivity contribution in [3.8, 4) is 17.6 Å². The number of aryl methyl sites for hydroxylation is 1. The lowest BCUT2D eigenvalue weighted by molar-refractivity contribution is -0.387. The summed E-state index contributed by atoms with van der Waals surface area (Å²) >= 11 is 1.18. The maximum atomic E-state index is 12.7. The third-order valence-electron chi connectivity index (χ3n) is 4.38. The van der Waals surface area contributed by atoms with Crippen molar-refractivity contribution in [2.24, 2.45) is 0 Å². The predicted octanol–water partition coefficient (Wildman–Crippen LogP) is 3.33. The second-order valence-electron chi connectivity index (χ2n) is 6.65. The quantitative estimate of drug-likeness (QED) is 0.146. The molecule has 0 saturated heterocycles. The maximum Gasteiger partial charge on any atom is 0.346 e. The van der Waals surface area contributed by atoms with Crippen LogP contribution in [0.5, 0.6) is 11.5 Å². The van der Waals surface area contributed by atoms with E-state index < -0.39 is 31.5 Å². The molecule has 0 aliphatic heterocycles. The number of aromatic nitrogens is 2. The van der Waals surface area contributed by atoms with Crippen molar-refractivity contribution in [2.45, 2.75) is 18.2 Å². The van der Waals surface area contributed by atoms with Crippen LogP contribution in [-0.4, -0.2) is 36.6 Å². The Kier molecular flexibility index (Phi) is 7.74. The number of benzene rings is 2. The fraction of sp³-hybridized carbons (Fsp3) is 0.143. The van der Waals surface area contributed by atoms with Gasteiger partial charge in [-0.25, -0.2) is 0 Å².